The molecule has 1 aromatic rings. The summed E-state index contributed by atoms with van der Waals surface area (Å²) in [5.74, 6) is -0.239. The molecule has 0 heterocycles. The minimum absolute atomic E-state index is 0.239. The van der Waals surface area contributed by atoms with Crippen LogP contribution in [0.15, 0.2) is 24.3 Å². The highest BCUT2D eigenvalue weighted by Crippen LogP contribution is 2.07. The number of halogens is 2. The van der Waals surface area contributed by atoms with Gasteiger partial charge in [-0.3, -0.25) is 4.79 Å². The van der Waals surface area contributed by atoms with E-state index in [1.54, 1.807) is 12.1 Å². The molecule has 1 nitrogen and oxygen atoms in total. The van der Waals surface area contributed by atoms with Gasteiger partial charge in [0.25, 0.3) is 0 Å². The SMILES string of the molecule is O=C(Cl)CCCc1ccc(F)cc1. The molecular formula is C10H10ClFO. The second-order valence-electron chi connectivity index (χ2n) is 2.84. The average molecular weight is 201 g/mol. The van der Waals surface area contributed by atoms with Crippen LogP contribution < -0.4 is 0 Å². The molecule has 0 aliphatic rings. The Morgan fingerprint density at radius 1 is 1.31 bits per heavy atom. The Kier molecular flexibility index (Phi) is 3.90. The summed E-state index contributed by atoms with van der Waals surface area (Å²) in [6.07, 6.45) is 1.85. The molecule has 1 aromatic carbocycles. The first kappa shape index (κ1) is 10.2. The molecule has 3 heteroatoms. The Balaban J connectivity index is 2.37. The molecule has 0 aromatic heterocycles. The van der Waals surface area contributed by atoms with Crippen molar-refractivity contribution in [2.45, 2.75) is 19.3 Å². The molecule has 1 rings (SSSR count). The number of carbonyl (C=O) groups is 1. The number of benzene rings is 1. The summed E-state index contributed by atoms with van der Waals surface area (Å²) in [6, 6.07) is 6.26. The fourth-order valence-electron chi connectivity index (χ4n) is 1.08. The van der Waals surface area contributed by atoms with E-state index in [1.165, 1.54) is 12.1 Å². The van der Waals surface area contributed by atoms with E-state index in [2.05, 4.69) is 0 Å². The van der Waals surface area contributed by atoms with Crippen molar-refractivity contribution in [2.75, 3.05) is 0 Å². The molecule has 0 radical (unpaired) electrons. The number of aryl methyl sites for hydroxylation is 1. The van der Waals surface area contributed by atoms with E-state index in [4.69, 9.17) is 11.6 Å². The summed E-state index contributed by atoms with van der Waals surface area (Å²) < 4.78 is 12.5. The van der Waals surface area contributed by atoms with E-state index in [1.807, 2.05) is 0 Å². The molecule has 0 saturated heterocycles. The third kappa shape index (κ3) is 4.04. The molecule has 0 atom stereocenters. The first-order valence-corrected chi connectivity index (χ1v) is 4.49. The smallest absolute Gasteiger partial charge is 0.221 e. The minimum atomic E-state index is -0.317. The molecule has 0 N–H and O–H groups in total. The van der Waals surface area contributed by atoms with Gasteiger partial charge < -0.3 is 0 Å². The number of hydrogen-bond donors (Lipinski definition) is 0. The summed E-state index contributed by atoms with van der Waals surface area (Å²) in [4.78, 5) is 10.4. The standard InChI is InChI=1S/C10H10ClFO/c11-10(13)3-1-2-8-4-6-9(12)7-5-8/h4-7H,1-3H2. The van der Waals surface area contributed by atoms with E-state index in [0.717, 1.165) is 12.0 Å². The number of carbonyl (C=O) groups excluding carboxylic acids is 1. The highest BCUT2D eigenvalue weighted by atomic mass is 35.5. The van der Waals surface area contributed by atoms with Crippen molar-refractivity contribution >= 4 is 16.8 Å². The summed E-state index contributed by atoms with van der Waals surface area (Å²) in [5, 5.41) is -0.317. The number of hydrogen-bond acceptors (Lipinski definition) is 1. The summed E-state index contributed by atoms with van der Waals surface area (Å²) in [7, 11) is 0. The summed E-state index contributed by atoms with van der Waals surface area (Å²) in [5.41, 5.74) is 1.03. The summed E-state index contributed by atoms with van der Waals surface area (Å²) >= 11 is 5.17. The third-order valence-corrected chi connectivity index (χ3v) is 1.94. The van der Waals surface area contributed by atoms with Crippen LogP contribution in [0.5, 0.6) is 0 Å². The van der Waals surface area contributed by atoms with Crippen LogP contribution >= 0.6 is 11.6 Å². The van der Waals surface area contributed by atoms with Crippen molar-refractivity contribution in [1.29, 1.82) is 0 Å². The Morgan fingerprint density at radius 2 is 1.92 bits per heavy atom. The highest BCUT2D eigenvalue weighted by Gasteiger charge is 1.97. The Morgan fingerprint density at radius 3 is 2.46 bits per heavy atom. The van der Waals surface area contributed by atoms with Crippen molar-refractivity contribution < 1.29 is 9.18 Å². The van der Waals surface area contributed by atoms with Crippen LogP contribution in [0.1, 0.15) is 18.4 Å². The van der Waals surface area contributed by atoms with Gasteiger partial charge in [-0.25, -0.2) is 4.39 Å². The van der Waals surface area contributed by atoms with Crippen LogP contribution in [0.3, 0.4) is 0 Å². The van der Waals surface area contributed by atoms with Crippen LogP contribution in [0.2, 0.25) is 0 Å². The number of rotatable bonds is 4. The Hall–Kier alpha value is -0.890. The van der Waals surface area contributed by atoms with Crippen molar-refractivity contribution in [3.63, 3.8) is 0 Å². The van der Waals surface area contributed by atoms with E-state index < -0.39 is 0 Å². The lowest BCUT2D eigenvalue weighted by atomic mass is 10.1. The van der Waals surface area contributed by atoms with Crippen molar-refractivity contribution in [2.24, 2.45) is 0 Å². The summed E-state index contributed by atoms with van der Waals surface area (Å²) in [6.45, 7) is 0. The van der Waals surface area contributed by atoms with Gasteiger partial charge in [0.2, 0.25) is 5.24 Å². The van der Waals surface area contributed by atoms with Crippen LogP contribution in [0.25, 0.3) is 0 Å². The fraction of sp³-hybridized carbons (Fsp3) is 0.300. The fourth-order valence-corrected chi connectivity index (χ4v) is 1.22. The predicted octanol–water partition coefficient (Wildman–Crippen LogP) is 2.91. The van der Waals surface area contributed by atoms with Gasteiger partial charge in [0.1, 0.15) is 5.82 Å². The van der Waals surface area contributed by atoms with Gasteiger partial charge in [-0.15, -0.1) is 0 Å². The minimum Gasteiger partial charge on any atom is -0.281 e. The molecule has 0 saturated carbocycles. The quantitative estimate of drug-likeness (QED) is 0.683. The van der Waals surface area contributed by atoms with Gasteiger partial charge in [-0.2, -0.15) is 0 Å². The molecule has 0 aliphatic heterocycles. The van der Waals surface area contributed by atoms with Crippen molar-refractivity contribution in [1.82, 2.24) is 0 Å². The first-order valence-electron chi connectivity index (χ1n) is 4.11. The Labute approximate surface area is 81.5 Å². The first-order chi connectivity index (χ1) is 6.18. The monoisotopic (exact) mass is 200 g/mol. The van der Waals surface area contributed by atoms with Crippen molar-refractivity contribution in [3.05, 3.63) is 35.6 Å². The molecule has 0 amide bonds. The zero-order chi connectivity index (χ0) is 9.68. The van der Waals surface area contributed by atoms with E-state index >= 15 is 0 Å². The van der Waals surface area contributed by atoms with E-state index in [0.29, 0.717) is 12.8 Å². The van der Waals surface area contributed by atoms with Gasteiger partial charge in [0.05, 0.1) is 0 Å². The Bertz CT molecular complexity index is 281. The van der Waals surface area contributed by atoms with Crippen molar-refractivity contribution in [3.8, 4) is 0 Å². The van der Waals surface area contributed by atoms with Gasteiger partial charge >= 0.3 is 0 Å². The second-order valence-corrected chi connectivity index (χ2v) is 3.26. The predicted molar refractivity (Wildman–Crippen MR) is 50.2 cm³/mol. The normalized spacial score (nSPS) is 10.0. The van der Waals surface area contributed by atoms with Gasteiger partial charge in [-0.1, -0.05) is 12.1 Å². The van der Waals surface area contributed by atoms with Crippen LogP contribution in [0.4, 0.5) is 4.39 Å². The average Bonchev–Trinajstić information content (AvgIpc) is 2.08. The lowest BCUT2D eigenvalue weighted by Crippen LogP contribution is -1.90. The third-order valence-electron chi connectivity index (χ3n) is 1.75. The molecule has 0 aliphatic carbocycles. The molecular weight excluding hydrogens is 191 g/mol. The molecule has 70 valence electrons. The van der Waals surface area contributed by atoms with Gasteiger partial charge in [0.15, 0.2) is 0 Å². The molecule has 0 unspecified atom stereocenters. The van der Waals surface area contributed by atoms with E-state index in [-0.39, 0.29) is 11.1 Å². The highest BCUT2D eigenvalue weighted by molar-refractivity contribution is 6.63. The molecule has 0 bridgehead atoms. The maximum atomic E-state index is 12.5. The topological polar surface area (TPSA) is 17.1 Å². The lowest BCUT2D eigenvalue weighted by Gasteiger charge is -1.98. The lowest BCUT2D eigenvalue weighted by molar-refractivity contribution is -0.111. The molecule has 13 heavy (non-hydrogen) atoms. The maximum absolute atomic E-state index is 12.5. The molecule has 0 spiro atoms. The zero-order valence-corrected chi connectivity index (χ0v) is 7.85. The molecule has 0 fully saturated rings. The largest absolute Gasteiger partial charge is 0.281 e. The van der Waals surface area contributed by atoms with Gasteiger partial charge in [-0.05, 0) is 42.1 Å². The zero-order valence-electron chi connectivity index (χ0n) is 7.09. The maximum Gasteiger partial charge on any atom is 0.221 e. The van der Waals surface area contributed by atoms with Crippen LogP contribution in [0, 0.1) is 5.82 Å². The van der Waals surface area contributed by atoms with Crippen LogP contribution in [-0.2, 0) is 11.2 Å². The van der Waals surface area contributed by atoms with Gasteiger partial charge in [0, 0.05) is 6.42 Å². The van der Waals surface area contributed by atoms with E-state index in [9.17, 15) is 9.18 Å². The van der Waals surface area contributed by atoms with Crippen LogP contribution in [-0.4, -0.2) is 5.24 Å². The second kappa shape index (κ2) is 4.97.